The second-order valence-electron chi connectivity index (χ2n) is 7.74. The number of aliphatic imine (C=N–C) groups is 1. The van der Waals surface area contributed by atoms with Crippen molar-refractivity contribution < 1.29 is 13.9 Å². The first-order chi connectivity index (χ1) is 14.3. The monoisotopic (exact) mass is 385 g/mol. The maximum Gasteiger partial charge on any atom is 0.315 e. The van der Waals surface area contributed by atoms with Gasteiger partial charge in [-0.15, -0.1) is 0 Å². The van der Waals surface area contributed by atoms with Gasteiger partial charge < -0.3 is 9.15 Å². The van der Waals surface area contributed by atoms with Crippen molar-refractivity contribution in [3.8, 4) is 11.5 Å². The molecule has 0 saturated carbocycles. The molecule has 1 saturated heterocycles. The predicted octanol–water partition coefficient (Wildman–Crippen LogP) is 4.21. The minimum absolute atomic E-state index is 0.104. The molecule has 2 aromatic heterocycles. The number of nitrogens with one attached hydrogen (secondary N) is 1. The third kappa shape index (κ3) is 2.52. The zero-order valence-corrected chi connectivity index (χ0v) is 15.7. The van der Waals surface area contributed by atoms with Crippen LogP contribution in [-0.2, 0) is 22.4 Å². The molecule has 0 radical (unpaired) electrons. The third-order valence-corrected chi connectivity index (χ3v) is 6.14. The average molecular weight is 385 g/mol. The summed E-state index contributed by atoms with van der Waals surface area (Å²) in [6.45, 7) is 0.245. The van der Waals surface area contributed by atoms with Crippen LogP contribution in [0.5, 0.6) is 0 Å². The largest absolute Gasteiger partial charge is 0.463 e. The van der Waals surface area contributed by atoms with Crippen LogP contribution in [0, 0.1) is 5.92 Å². The summed E-state index contributed by atoms with van der Waals surface area (Å²) in [7, 11) is 0. The van der Waals surface area contributed by atoms with Crippen molar-refractivity contribution in [2.24, 2.45) is 10.9 Å². The molecule has 144 valence electrons. The maximum absolute atomic E-state index is 12.7. The summed E-state index contributed by atoms with van der Waals surface area (Å²) in [4.78, 5) is 17.3. The fourth-order valence-corrected chi connectivity index (χ4v) is 4.82. The molecule has 0 amide bonds. The number of aromatic amines is 1. The Morgan fingerprint density at radius 1 is 1.21 bits per heavy atom. The number of hydrogen-bond acceptors (Lipinski definition) is 5. The van der Waals surface area contributed by atoms with Gasteiger partial charge in [-0.25, -0.2) is 4.99 Å². The van der Waals surface area contributed by atoms with Gasteiger partial charge in [0.1, 0.15) is 18.2 Å². The number of ether oxygens (including phenoxy) is 1. The molecule has 4 heterocycles. The summed E-state index contributed by atoms with van der Waals surface area (Å²) in [5, 5.41) is 7.51. The molecule has 1 fully saturated rings. The Bertz CT molecular complexity index is 1170. The number of fused-ring (bicyclic) bond motifs is 3. The lowest BCUT2D eigenvalue weighted by molar-refractivity contribution is -0.141. The van der Waals surface area contributed by atoms with Crippen LogP contribution < -0.4 is 0 Å². The number of H-pyrrole nitrogens is 1. The number of carbonyl (C=O) groups excluding carboxylic acids is 1. The molecule has 6 rings (SSSR count). The maximum atomic E-state index is 12.7. The van der Waals surface area contributed by atoms with Gasteiger partial charge in [-0.05, 0) is 48.1 Å². The first kappa shape index (κ1) is 16.5. The summed E-state index contributed by atoms with van der Waals surface area (Å²) >= 11 is 0. The molecule has 3 aliphatic rings. The number of aryl methyl sites for hydroxylation is 1. The fourth-order valence-electron chi connectivity index (χ4n) is 4.82. The molecule has 6 heteroatoms. The normalized spacial score (nSPS) is 21.9. The first-order valence-electron chi connectivity index (χ1n) is 9.93. The summed E-state index contributed by atoms with van der Waals surface area (Å²) in [5.41, 5.74) is 6.37. The number of aromatic nitrogens is 2. The summed E-state index contributed by atoms with van der Waals surface area (Å²) < 4.78 is 11.0. The van der Waals surface area contributed by atoms with E-state index in [9.17, 15) is 4.79 Å². The van der Waals surface area contributed by atoms with Crippen LogP contribution in [0.3, 0.4) is 0 Å². The molecular formula is C23H19N3O3. The fraction of sp³-hybridized carbons (Fsp3) is 0.261. The third-order valence-electron chi connectivity index (χ3n) is 6.14. The standard InChI is InChI=1S/C23H19N3O3/c27-23-19-16(11-14-7-3-6-13-5-1-2-8-15(13)14)20-21(18-9-4-10-28-18)25-26-22(20)24-17(19)12-29-23/h2-4,6-10,16,19H,1,5,11-12H2,(H,25,26). The lowest BCUT2D eigenvalue weighted by Crippen LogP contribution is -2.28. The van der Waals surface area contributed by atoms with Crippen molar-refractivity contribution in [3.63, 3.8) is 0 Å². The number of esters is 1. The van der Waals surface area contributed by atoms with Crippen LogP contribution in [0.25, 0.3) is 17.5 Å². The SMILES string of the molecule is O=C1OCC2=Nc3n[nH]c(-c4ccco4)c3C(Cc3cccc4c3C=CCC4)C12. The van der Waals surface area contributed by atoms with Crippen molar-refractivity contribution in [2.75, 3.05) is 6.61 Å². The van der Waals surface area contributed by atoms with E-state index in [0.717, 1.165) is 29.8 Å². The molecule has 0 spiro atoms. The van der Waals surface area contributed by atoms with E-state index >= 15 is 0 Å². The van der Waals surface area contributed by atoms with Gasteiger partial charge in [-0.3, -0.25) is 9.89 Å². The van der Waals surface area contributed by atoms with Crippen molar-refractivity contribution in [3.05, 3.63) is 64.9 Å². The van der Waals surface area contributed by atoms with E-state index in [2.05, 4.69) is 45.5 Å². The Balaban J connectivity index is 1.50. The number of hydrogen-bond donors (Lipinski definition) is 1. The Morgan fingerprint density at radius 3 is 3.07 bits per heavy atom. The van der Waals surface area contributed by atoms with E-state index in [1.165, 1.54) is 16.7 Å². The predicted molar refractivity (Wildman–Crippen MR) is 108 cm³/mol. The van der Waals surface area contributed by atoms with E-state index in [4.69, 9.17) is 9.15 Å². The molecule has 1 aromatic carbocycles. The van der Waals surface area contributed by atoms with Gasteiger partial charge in [-0.1, -0.05) is 30.4 Å². The van der Waals surface area contributed by atoms with E-state index in [1.807, 2.05) is 12.1 Å². The van der Waals surface area contributed by atoms with Crippen molar-refractivity contribution in [1.29, 1.82) is 0 Å². The highest BCUT2D eigenvalue weighted by Gasteiger charge is 2.46. The summed E-state index contributed by atoms with van der Waals surface area (Å²) in [6.07, 6.45) is 8.91. The molecule has 3 aromatic rings. The van der Waals surface area contributed by atoms with E-state index < -0.39 is 0 Å². The van der Waals surface area contributed by atoms with Crippen LogP contribution in [0.2, 0.25) is 0 Å². The smallest absolute Gasteiger partial charge is 0.315 e. The van der Waals surface area contributed by atoms with Gasteiger partial charge in [0.25, 0.3) is 0 Å². The molecular weight excluding hydrogens is 366 g/mol. The highest BCUT2D eigenvalue weighted by molar-refractivity contribution is 6.10. The lowest BCUT2D eigenvalue weighted by atomic mass is 9.76. The molecule has 1 N–H and O–H groups in total. The quantitative estimate of drug-likeness (QED) is 0.685. The van der Waals surface area contributed by atoms with Crippen LogP contribution >= 0.6 is 0 Å². The molecule has 6 nitrogen and oxygen atoms in total. The summed E-state index contributed by atoms with van der Waals surface area (Å²) in [5.74, 6) is 0.645. The van der Waals surface area contributed by atoms with Gasteiger partial charge in [-0.2, -0.15) is 5.10 Å². The van der Waals surface area contributed by atoms with Gasteiger partial charge in [0, 0.05) is 11.5 Å². The Labute approximate surface area is 167 Å². The Morgan fingerprint density at radius 2 is 2.17 bits per heavy atom. The average Bonchev–Trinajstić information content (AvgIpc) is 3.48. The van der Waals surface area contributed by atoms with Crippen molar-refractivity contribution >= 4 is 23.6 Å². The number of benzene rings is 1. The van der Waals surface area contributed by atoms with Crippen molar-refractivity contribution in [1.82, 2.24) is 10.2 Å². The second kappa shape index (κ2) is 6.30. The number of nitrogens with zero attached hydrogens (tertiary/aromatic N) is 2. The number of rotatable bonds is 3. The minimum atomic E-state index is -0.378. The number of cyclic esters (lactones) is 1. The molecule has 1 aliphatic carbocycles. The van der Waals surface area contributed by atoms with Crippen LogP contribution in [0.1, 0.15) is 34.6 Å². The Kier molecular flexibility index (Phi) is 3.59. The number of carbonyl (C=O) groups is 1. The highest BCUT2D eigenvalue weighted by Crippen LogP contribution is 2.46. The van der Waals surface area contributed by atoms with Crippen LogP contribution in [-0.4, -0.2) is 28.5 Å². The molecule has 0 bridgehead atoms. The van der Waals surface area contributed by atoms with Gasteiger partial charge in [0.05, 0.1) is 12.0 Å². The zero-order valence-electron chi connectivity index (χ0n) is 15.7. The zero-order chi connectivity index (χ0) is 19.4. The second-order valence-corrected chi connectivity index (χ2v) is 7.74. The van der Waals surface area contributed by atoms with Gasteiger partial charge in [0.2, 0.25) is 0 Å². The van der Waals surface area contributed by atoms with Gasteiger partial charge in [0.15, 0.2) is 11.6 Å². The summed E-state index contributed by atoms with van der Waals surface area (Å²) in [6, 6.07) is 10.2. The molecule has 2 atom stereocenters. The first-order valence-corrected chi connectivity index (χ1v) is 9.93. The number of furan rings is 1. The lowest BCUT2D eigenvalue weighted by Gasteiger charge is -2.26. The highest BCUT2D eigenvalue weighted by atomic mass is 16.5. The molecule has 2 aliphatic heterocycles. The molecule has 2 unspecified atom stereocenters. The van der Waals surface area contributed by atoms with Crippen LogP contribution in [0.4, 0.5) is 5.82 Å². The number of allylic oxidation sites excluding steroid dienone is 1. The van der Waals surface area contributed by atoms with Gasteiger partial charge >= 0.3 is 5.97 Å². The van der Waals surface area contributed by atoms with Crippen LogP contribution in [0.15, 0.2) is 52.1 Å². The van der Waals surface area contributed by atoms with E-state index in [1.54, 1.807) is 6.26 Å². The van der Waals surface area contributed by atoms with E-state index in [-0.39, 0.29) is 24.4 Å². The Hall–Kier alpha value is -3.41. The molecule has 29 heavy (non-hydrogen) atoms. The van der Waals surface area contributed by atoms with Crippen molar-refractivity contribution in [2.45, 2.75) is 25.2 Å². The topological polar surface area (TPSA) is 80.5 Å². The minimum Gasteiger partial charge on any atom is -0.463 e. The van der Waals surface area contributed by atoms with E-state index in [0.29, 0.717) is 18.0 Å².